The molecule has 0 unspecified atom stereocenters. The zero-order chi connectivity index (χ0) is 14.7. The van der Waals surface area contributed by atoms with Gasteiger partial charge in [0.25, 0.3) is 0 Å². The van der Waals surface area contributed by atoms with Crippen LogP contribution in [0.1, 0.15) is 25.3 Å². The maximum Gasteiger partial charge on any atom is 0.221 e. The van der Waals surface area contributed by atoms with E-state index >= 15 is 0 Å². The highest BCUT2D eigenvalue weighted by atomic mass is 16.5. The number of aryl methyl sites for hydroxylation is 1. The van der Waals surface area contributed by atoms with Crippen molar-refractivity contribution in [2.45, 2.75) is 32.2 Å². The maximum absolute atomic E-state index is 5.76. The lowest BCUT2D eigenvalue weighted by Crippen LogP contribution is -2.49. The Balaban J connectivity index is 1.64. The molecule has 21 heavy (non-hydrogen) atoms. The zero-order valence-corrected chi connectivity index (χ0v) is 12.8. The number of nitrogens with two attached hydrogens (primary N) is 1. The molecule has 0 atom stereocenters. The number of aromatic nitrogens is 2. The molecule has 1 aromatic rings. The van der Waals surface area contributed by atoms with E-state index in [2.05, 4.69) is 26.7 Å². The van der Waals surface area contributed by atoms with Crippen LogP contribution in [0.15, 0.2) is 6.20 Å². The molecule has 0 bridgehead atoms. The first-order valence-corrected chi connectivity index (χ1v) is 7.96. The lowest BCUT2D eigenvalue weighted by atomic mass is 10.0. The molecule has 0 radical (unpaired) electrons. The van der Waals surface area contributed by atoms with Crippen molar-refractivity contribution < 1.29 is 4.74 Å². The van der Waals surface area contributed by atoms with Crippen molar-refractivity contribution >= 4 is 11.8 Å². The highest BCUT2D eigenvalue weighted by Crippen LogP contribution is 2.25. The lowest BCUT2D eigenvalue weighted by molar-refractivity contribution is 0.0114. The minimum atomic E-state index is 0.373. The highest BCUT2D eigenvalue weighted by Gasteiger charge is 2.27. The molecule has 0 amide bonds. The quantitative estimate of drug-likeness (QED) is 0.893. The molecular formula is C15H25N5O. The molecule has 0 aromatic carbocycles. The van der Waals surface area contributed by atoms with Crippen molar-refractivity contribution in [3.8, 4) is 0 Å². The topological polar surface area (TPSA) is 67.5 Å². The van der Waals surface area contributed by atoms with Gasteiger partial charge >= 0.3 is 0 Å². The van der Waals surface area contributed by atoms with Crippen LogP contribution in [-0.4, -0.2) is 60.3 Å². The fourth-order valence-electron chi connectivity index (χ4n) is 3.32. The van der Waals surface area contributed by atoms with Crippen LogP contribution in [-0.2, 0) is 11.2 Å². The van der Waals surface area contributed by atoms with Gasteiger partial charge in [0.2, 0.25) is 5.95 Å². The number of hydrogen-bond donors (Lipinski definition) is 1. The van der Waals surface area contributed by atoms with Crippen molar-refractivity contribution in [1.29, 1.82) is 0 Å². The Morgan fingerprint density at radius 1 is 1.24 bits per heavy atom. The summed E-state index contributed by atoms with van der Waals surface area (Å²) in [6, 6.07) is 0.689. The fourth-order valence-corrected chi connectivity index (χ4v) is 3.32. The molecular weight excluding hydrogens is 266 g/mol. The predicted molar refractivity (Wildman–Crippen MR) is 83.4 cm³/mol. The summed E-state index contributed by atoms with van der Waals surface area (Å²) < 4.78 is 5.44. The van der Waals surface area contributed by atoms with E-state index in [1.165, 1.54) is 18.4 Å². The number of nitrogen functional groups attached to an aromatic ring is 1. The van der Waals surface area contributed by atoms with E-state index in [1.807, 2.05) is 6.20 Å². The van der Waals surface area contributed by atoms with E-state index in [0.29, 0.717) is 12.0 Å². The first-order valence-electron chi connectivity index (χ1n) is 7.96. The summed E-state index contributed by atoms with van der Waals surface area (Å²) >= 11 is 0. The summed E-state index contributed by atoms with van der Waals surface area (Å²) in [5.74, 6) is 1.41. The normalized spacial score (nSPS) is 21.7. The van der Waals surface area contributed by atoms with E-state index < -0.39 is 0 Å². The summed E-state index contributed by atoms with van der Waals surface area (Å²) in [7, 11) is 0. The van der Waals surface area contributed by atoms with Crippen molar-refractivity contribution in [2.75, 3.05) is 50.0 Å². The van der Waals surface area contributed by atoms with E-state index in [0.717, 1.165) is 51.6 Å². The zero-order valence-electron chi connectivity index (χ0n) is 12.8. The Bertz CT molecular complexity index is 467. The first-order chi connectivity index (χ1) is 10.3. The fraction of sp³-hybridized carbons (Fsp3) is 0.733. The Morgan fingerprint density at radius 3 is 2.62 bits per heavy atom. The number of piperidine rings is 1. The predicted octanol–water partition coefficient (Wildman–Crippen LogP) is 0.922. The highest BCUT2D eigenvalue weighted by molar-refractivity contribution is 5.49. The number of nitrogens with zero attached hydrogens (tertiary/aromatic N) is 4. The van der Waals surface area contributed by atoms with Crippen LogP contribution in [0, 0.1) is 0 Å². The summed E-state index contributed by atoms with van der Waals surface area (Å²) in [5, 5.41) is 0. The third kappa shape index (κ3) is 3.27. The number of anilines is 2. The molecule has 0 aliphatic carbocycles. The van der Waals surface area contributed by atoms with E-state index in [-0.39, 0.29) is 0 Å². The molecule has 3 heterocycles. The van der Waals surface area contributed by atoms with Gasteiger partial charge in [-0.3, -0.25) is 4.90 Å². The molecule has 0 saturated carbocycles. The van der Waals surface area contributed by atoms with E-state index in [9.17, 15) is 0 Å². The Labute approximate surface area is 126 Å². The minimum Gasteiger partial charge on any atom is -0.379 e. The second-order valence-corrected chi connectivity index (χ2v) is 5.80. The summed E-state index contributed by atoms with van der Waals surface area (Å²) in [4.78, 5) is 13.5. The van der Waals surface area contributed by atoms with Crippen LogP contribution in [0.25, 0.3) is 0 Å². The van der Waals surface area contributed by atoms with Crippen molar-refractivity contribution in [2.24, 2.45) is 0 Å². The second kappa shape index (κ2) is 6.58. The Morgan fingerprint density at radius 2 is 1.95 bits per heavy atom. The Kier molecular flexibility index (Phi) is 4.55. The molecule has 0 spiro atoms. The molecule has 2 N–H and O–H groups in total. The van der Waals surface area contributed by atoms with Gasteiger partial charge < -0.3 is 15.4 Å². The molecule has 2 aliphatic rings. The number of morpholine rings is 1. The third-order valence-electron chi connectivity index (χ3n) is 4.57. The van der Waals surface area contributed by atoms with Crippen LogP contribution >= 0.6 is 0 Å². The van der Waals surface area contributed by atoms with Gasteiger partial charge in [-0.05, 0) is 19.3 Å². The molecule has 2 aliphatic heterocycles. The van der Waals surface area contributed by atoms with Gasteiger partial charge in [0.05, 0.1) is 13.2 Å². The van der Waals surface area contributed by atoms with Crippen LogP contribution in [0.3, 0.4) is 0 Å². The second-order valence-electron chi connectivity index (χ2n) is 5.80. The van der Waals surface area contributed by atoms with Crippen LogP contribution < -0.4 is 10.6 Å². The van der Waals surface area contributed by atoms with E-state index in [1.54, 1.807) is 0 Å². The van der Waals surface area contributed by atoms with Gasteiger partial charge in [-0.25, -0.2) is 4.98 Å². The Hall–Kier alpha value is -1.40. The summed E-state index contributed by atoms with van der Waals surface area (Å²) in [5.41, 5.74) is 6.95. The molecule has 1 aromatic heterocycles. The van der Waals surface area contributed by atoms with Crippen LogP contribution in [0.5, 0.6) is 0 Å². The average Bonchev–Trinajstić information content (AvgIpc) is 2.56. The maximum atomic E-state index is 5.76. The van der Waals surface area contributed by atoms with Crippen molar-refractivity contribution in [1.82, 2.24) is 14.9 Å². The van der Waals surface area contributed by atoms with Gasteiger partial charge in [-0.1, -0.05) is 6.92 Å². The monoisotopic (exact) mass is 291 g/mol. The summed E-state index contributed by atoms with van der Waals surface area (Å²) in [6.45, 7) is 8.14. The van der Waals surface area contributed by atoms with Gasteiger partial charge in [0.15, 0.2) is 0 Å². The van der Waals surface area contributed by atoms with Gasteiger partial charge in [-0.15, -0.1) is 0 Å². The van der Waals surface area contributed by atoms with Crippen LogP contribution in [0.4, 0.5) is 11.8 Å². The van der Waals surface area contributed by atoms with Gasteiger partial charge in [0.1, 0.15) is 5.82 Å². The molecule has 6 nitrogen and oxygen atoms in total. The minimum absolute atomic E-state index is 0.373. The molecule has 2 fully saturated rings. The summed E-state index contributed by atoms with van der Waals surface area (Å²) in [6.07, 6.45) is 5.19. The smallest absolute Gasteiger partial charge is 0.221 e. The average molecular weight is 291 g/mol. The number of rotatable bonds is 3. The molecule has 116 valence electrons. The van der Waals surface area contributed by atoms with E-state index in [4.69, 9.17) is 10.5 Å². The molecule has 3 rings (SSSR count). The number of hydrogen-bond acceptors (Lipinski definition) is 6. The first kappa shape index (κ1) is 14.5. The largest absolute Gasteiger partial charge is 0.379 e. The van der Waals surface area contributed by atoms with Crippen molar-refractivity contribution in [3.05, 3.63) is 11.8 Å². The van der Waals surface area contributed by atoms with Gasteiger partial charge in [-0.2, -0.15) is 4.98 Å². The third-order valence-corrected chi connectivity index (χ3v) is 4.57. The SMILES string of the molecule is CCc1cnc(N)nc1N1CCC(N2CCOCC2)CC1. The van der Waals surface area contributed by atoms with Crippen molar-refractivity contribution in [3.63, 3.8) is 0 Å². The number of ether oxygens (including phenoxy) is 1. The molecule has 2 saturated heterocycles. The van der Waals surface area contributed by atoms with Crippen LogP contribution in [0.2, 0.25) is 0 Å². The standard InChI is InChI=1S/C15H25N5O/c1-2-12-11-17-15(16)18-14(12)20-5-3-13(4-6-20)19-7-9-21-10-8-19/h11,13H,2-10H2,1H3,(H2,16,17,18). The lowest BCUT2D eigenvalue weighted by Gasteiger charge is -2.40. The van der Waals surface area contributed by atoms with Gasteiger partial charge in [0, 0.05) is 44.0 Å². The molecule has 6 heteroatoms.